The average Bonchev–Trinajstić information content (AvgIpc) is 2.63. The summed E-state index contributed by atoms with van der Waals surface area (Å²) in [5.74, 6) is -1.15. The number of nitrogens with one attached hydrogen (secondary N) is 2. The summed E-state index contributed by atoms with van der Waals surface area (Å²) < 4.78 is 26.6. The van der Waals surface area contributed by atoms with E-state index in [-0.39, 0.29) is 11.5 Å². The third-order valence-electron chi connectivity index (χ3n) is 3.11. The molecule has 0 radical (unpaired) electrons. The van der Waals surface area contributed by atoms with E-state index in [1.54, 1.807) is 6.92 Å². The Hall–Kier alpha value is -1.98. The molecule has 2 rings (SSSR count). The van der Waals surface area contributed by atoms with Crippen LogP contribution in [0.4, 0.5) is 8.78 Å². The minimum absolute atomic E-state index is 0.224. The van der Waals surface area contributed by atoms with Crippen LogP contribution in [0, 0.1) is 17.6 Å². The topological polar surface area (TPSA) is 53.5 Å². The minimum atomic E-state index is -1.22. The van der Waals surface area contributed by atoms with Crippen molar-refractivity contribution in [2.45, 2.75) is 26.3 Å². The predicted octanol–water partition coefficient (Wildman–Crippen LogP) is 1.91. The summed E-state index contributed by atoms with van der Waals surface area (Å²) in [6, 6.07) is 3.05. The molecule has 1 saturated heterocycles. The van der Waals surface area contributed by atoms with Crippen molar-refractivity contribution in [3.63, 3.8) is 0 Å². The highest BCUT2D eigenvalue weighted by molar-refractivity contribution is 6.09. The Bertz CT molecular complexity index is 551. The smallest absolute Gasteiger partial charge is 0.256 e. The number of aliphatic imine (C=N–C) groups is 1. The van der Waals surface area contributed by atoms with Crippen LogP contribution in [-0.4, -0.2) is 18.4 Å². The lowest BCUT2D eigenvalue weighted by atomic mass is 9.92. The van der Waals surface area contributed by atoms with Gasteiger partial charge in [-0.25, -0.2) is 8.78 Å². The molecule has 1 atom stereocenters. The van der Waals surface area contributed by atoms with Gasteiger partial charge in [0.05, 0.1) is 0 Å². The van der Waals surface area contributed by atoms with E-state index >= 15 is 0 Å². The van der Waals surface area contributed by atoms with Crippen molar-refractivity contribution < 1.29 is 13.6 Å². The van der Waals surface area contributed by atoms with Crippen LogP contribution in [0.5, 0.6) is 0 Å². The molecular weight excluding hydrogens is 264 g/mol. The average molecular weight is 281 g/mol. The molecule has 108 valence electrons. The highest BCUT2D eigenvalue weighted by Gasteiger charge is 2.42. The zero-order valence-corrected chi connectivity index (χ0v) is 11.6. The predicted molar refractivity (Wildman–Crippen MR) is 72.1 cm³/mol. The van der Waals surface area contributed by atoms with Crippen LogP contribution in [-0.2, 0) is 10.3 Å². The third-order valence-corrected chi connectivity index (χ3v) is 3.11. The Labute approximate surface area is 116 Å². The highest BCUT2D eigenvalue weighted by atomic mass is 19.1. The molecule has 0 aromatic heterocycles. The number of carbonyl (C=O) groups is 1. The van der Waals surface area contributed by atoms with Crippen molar-refractivity contribution in [2.24, 2.45) is 10.9 Å². The first kappa shape index (κ1) is 14.4. The molecule has 1 aromatic rings. The van der Waals surface area contributed by atoms with Gasteiger partial charge in [0.25, 0.3) is 5.91 Å². The molecule has 1 amide bonds. The fourth-order valence-corrected chi connectivity index (χ4v) is 1.96. The lowest BCUT2D eigenvalue weighted by Crippen LogP contribution is -2.40. The number of nitrogens with zero attached hydrogens (tertiary/aromatic N) is 1. The first-order valence-corrected chi connectivity index (χ1v) is 6.42. The van der Waals surface area contributed by atoms with Gasteiger partial charge < -0.3 is 5.32 Å². The molecule has 20 heavy (non-hydrogen) atoms. The van der Waals surface area contributed by atoms with Gasteiger partial charge in [-0.15, -0.1) is 0 Å². The molecule has 0 bridgehead atoms. The van der Waals surface area contributed by atoms with E-state index in [2.05, 4.69) is 15.6 Å². The van der Waals surface area contributed by atoms with Crippen LogP contribution in [0.15, 0.2) is 23.2 Å². The number of guanidine groups is 1. The van der Waals surface area contributed by atoms with Gasteiger partial charge >= 0.3 is 0 Å². The summed E-state index contributed by atoms with van der Waals surface area (Å²) in [7, 11) is 0. The molecule has 1 aliphatic heterocycles. The van der Waals surface area contributed by atoms with Gasteiger partial charge in [-0.1, -0.05) is 13.8 Å². The van der Waals surface area contributed by atoms with Crippen molar-refractivity contribution in [2.75, 3.05) is 6.54 Å². The second kappa shape index (κ2) is 5.19. The van der Waals surface area contributed by atoms with E-state index in [1.807, 2.05) is 13.8 Å². The lowest BCUT2D eigenvalue weighted by Gasteiger charge is -2.21. The molecule has 1 aliphatic rings. The number of benzene rings is 1. The number of hydrogen-bond acceptors (Lipinski definition) is 2. The quantitative estimate of drug-likeness (QED) is 0.889. The zero-order chi connectivity index (χ0) is 14.9. The van der Waals surface area contributed by atoms with Crippen LogP contribution in [0.1, 0.15) is 26.3 Å². The number of rotatable bonds is 3. The second-order valence-electron chi connectivity index (χ2n) is 5.45. The van der Waals surface area contributed by atoms with Crippen molar-refractivity contribution in [1.82, 2.24) is 10.6 Å². The van der Waals surface area contributed by atoms with E-state index < -0.39 is 17.2 Å². The van der Waals surface area contributed by atoms with Gasteiger partial charge in [0, 0.05) is 12.6 Å². The fraction of sp³-hybridized carbons (Fsp3) is 0.429. The maximum absolute atomic E-state index is 13.3. The van der Waals surface area contributed by atoms with E-state index in [0.29, 0.717) is 18.4 Å². The van der Waals surface area contributed by atoms with Crippen LogP contribution in [0.25, 0.3) is 0 Å². The molecule has 1 unspecified atom stereocenters. The summed E-state index contributed by atoms with van der Waals surface area (Å²) in [6.07, 6.45) is 0. The van der Waals surface area contributed by atoms with Crippen molar-refractivity contribution >= 4 is 11.9 Å². The van der Waals surface area contributed by atoms with Crippen LogP contribution in [0.3, 0.4) is 0 Å². The fourth-order valence-electron chi connectivity index (χ4n) is 1.96. The summed E-state index contributed by atoms with van der Waals surface area (Å²) in [4.78, 5) is 16.3. The molecule has 1 fully saturated rings. The van der Waals surface area contributed by atoms with E-state index in [4.69, 9.17) is 0 Å². The van der Waals surface area contributed by atoms with Crippen LogP contribution in [0.2, 0.25) is 0 Å². The maximum atomic E-state index is 13.3. The van der Waals surface area contributed by atoms with Crippen molar-refractivity contribution in [1.29, 1.82) is 0 Å². The van der Waals surface area contributed by atoms with Crippen LogP contribution >= 0.6 is 0 Å². The molecule has 2 N–H and O–H groups in total. The van der Waals surface area contributed by atoms with E-state index in [9.17, 15) is 13.6 Å². The monoisotopic (exact) mass is 281 g/mol. The highest BCUT2D eigenvalue weighted by Crippen LogP contribution is 2.25. The Morgan fingerprint density at radius 2 is 1.85 bits per heavy atom. The van der Waals surface area contributed by atoms with Gasteiger partial charge in [0.2, 0.25) is 0 Å². The number of amides is 1. The van der Waals surface area contributed by atoms with Gasteiger partial charge in [0.15, 0.2) is 5.96 Å². The standard InChI is InChI=1S/C14H17F2N3O/c1-8(2)7-17-13-18-12(20)14(3,19-13)9-4-10(15)6-11(16)5-9/h4-6,8H,7H2,1-3H3,(H2,17,18,19,20). The summed E-state index contributed by atoms with van der Waals surface area (Å²) >= 11 is 0. The Balaban J connectivity index is 2.30. The zero-order valence-electron chi connectivity index (χ0n) is 11.6. The number of hydrogen-bond donors (Lipinski definition) is 2. The molecule has 1 aromatic carbocycles. The summed E-state index contributed by atoms with van der Waals surface area (Å²) in [5.41, 5.74) is -0.999. The molecule has 6 heteroatoms. The van der Waals surface area contributed by atoms with Gasteiger partial charge in [0.1, 0.15) is 17.2 Å². The minimum Gasteiger partial charge on any atom is -0.338 e. The molecule has 0 spiro atoms. The van der Waals surface area contributed by atoms with Gasteiger partial charge in [-0.05, 0) is 30.5 Å². The molecule has 4 nitrogen and oxygen atoms in total. The first-order chi connectivity index (χ1) is 9.31. The number of halogens is 2. The second-order valence-corrected chi connectivity index (χ2v) is 5.45. The summed E-state index contributed by atoms with van der Waals surface area (Å²) in [5, 5.41) is 5.49. The molecule has 0 saturated carbocycles. The Morgan fingerprint density at radius 1 is 1.25 bits per heavy atom. The largest absolute Gasteiger partial charge is 0.338 e. The molecule has 0 aliphatic carbocycles. The third kappa shape index (κ3) is 2.79. The van der Waals surface area contributed by atoms with Gasteiger partial charge in [-0.3, -0.25) is 15.1 Å². The van der Waals surface area contributed by atoms with E-state index in [1.165, 1.54) is 0 Å². The normalized spacial score (nSPS) is 24.1. The van der Waals surface area contributed by atoms with Crippen molar-refractivity contribution in [3.8, 4) is 0 Å². The molecule has 1 heterocycles. The van der Waals surface area contributed by atoms with Crippen molar-refractivity contribution in [3.05, 3.63) is 35.4 Å². The van der Waals surface area contributed by atoms with Crippen LogP contribution < -0.4 is 10.6 Å². The Morgan fingerprint density at radius 3 is 2.40 bits per heavy atom. The van der Waals surface area contributed by atoms with Gasteiger partial charge in [-0.2, -0.15) is 0 Å². The summed E-state index contributed by atoms with van der Waals surface area (Å²) in [6.45, 7) is 6.12. The molecular formula is C14H17F2N3O. The lowest BCUT2D eigenvalue weighted by molar-refractivity contribution is -0.123. The number of carbonyl (C=O) groups excluding carboxylic acids is 1. The SMILES string of the molecule is CC(C)CN=C1NC(=O)C(C)(c2cc(F)cc(F)c2)N1. The first-order valence-electron chi connectivity index (χ1n) is 6.42. The Kier molecular flexibility index (Phi) is 3.74. The van der Waals surface area contributed by atoms with E-state index in [0.717, 1.165) is 18.2 Å². The maximum Gasteiger partial charge on any atom is 0.256 e.